The van der Waals surface area contributed by atoms with Gasteiger partial charge < -0.3 is 4.90 Å². The smallest absolute Gasteiger partial charge is 0.147 e. The Balaban J connectivity index is 1.65. The van der Waals surface area contributed by atoms with Gasteiger partial charge in [0.05, 0.1) is 11.8 Å². The molecule has 0 N–H and O–H groups in total. The van der Waals surface area contributed by atoms with Crippen LogP contribution in [0.5, 0.6) is 0 Å². The van der Waals surface area contributed by atoms with E-state index in [9.17, 15) is 8.42 Å². The van der Waals surface area contributed by atoms with Crippen molar-refractivity contribution in [2.24, 2.45) is 0 Å². The lowest BCUT2D eigenvalue weighted by Crippen LogP contribution is -2.48. The third-order valence-electron chi connectivity index (χ3n) is 4.99. The van der Waals surface area contributed by atoms with Crippen LogP contribution in [0, 0.1) is 0 Å². The first-order valence-electron chi connectivity index (χ1n) is 9.27. The average Bonchev–Trinajstić information content (AvgIpc) is 2.64. The second kappa shape index (κ2) is 8.80. The third kappa shape index (κ3) is 5.40. The number of sulfone groups is 1. The quantitative estimate of drug-likeness (QED) is 0.749. The SMILES string of the molecule is CS(=O)(=O)CCCN1CCN(C(c2ccccc2)c2ccccc2)CC1. The molecule has 1 fully saturated rings. The molecule has 26 heavy (non-hydrogen) atoms. The lowest BCUT2D eigenvalue weighted by molar-refractivity contribution is 0.110. The van der Waals surface area contributed by atoms with Crippen molar-refractivity contribution >= 4 is 9.84 Å². The molecule has 1 heterocycles. The van der Waals surface area contributed by atoms with E-state index in [2.05, 4.69) is 70.5 Å². The summed E-state index contributed by atoms with van der Waals surface area (Å²) in [6.07, 6.45) is 2.04. The number of nitrogens with zero attached hydrogens (tertiary/aromatic N) is 2. The molecule has 5 heteroatoms. The van der Waals surface area contributed by atoms with Gasteiger partial charge in [0.25, 0.3) is 0 Å². The summed E-state index contributed by atoms with van der Waals surface area (Å²) in [6.45, 7) is 4.82. The predicted molar refractivity (Wildman–Crippen MR) is 107 cm³/mol. The van der Waals surface area contributed by atoms with Gasteiger partial charge in [0, 0.05) is 32.4 Å². The van der Waals surface area contributed by atoms with Crippen LogP contribution in [0.3, 0.4) is 0 Å². The van der Waals surface area contributed by atoms with Crippen LogP contribution in [0.2, 0.25) is 0 Å². The molecule has 140 valence electrons. The van der Waals surface area contributed by atoms with Crippen LogP contribution in [0.4, 0.5) is 0 Å². The highest BCUT2D eigenvalue weighted by Crippen LogP contribution is 2.29. The molecule has 2 aromatic rings. The van der Waals surface area contributed by atoms with Crippen molar-refractivity contribution in [2.45, 2.75) is 12.5 Å². The van der Waals surface area contributed by atoms with Crippen LogP contribution in [-0.2, 0) is 9.84 Å². The Bertz CT molecular complexity index is 731. The minimum atomic E-state index is -2.86. The Morgan fingerprint density at radius 3 is 1.81 bits per heavy atom. The van der Waals surface area contributed by atoms with Crippen molar-refractivity contribution in [2.75, 3.05) is 44.7 Å². The van der Waals surface area contributed by atoms with Crippen LogP contribution < -0.4 is 0 Å². The maximum atomic E-state index is 11.3. The Labute approximate surface area is 157 Å². The molecule has 3 rings (SSSR count). The molecule has 0 atom stereocenters. The Morgan fingerprint density at radius 1 is 0.846 bits per heavy atom. The minimum Gasteiger partial charge on any atom is -0.301 e. The van der Waals surface area contributed by atoms with Crippen molar-refractivity contribution in [3.8, 4) is 0 Å². The van der Waals surface area contributed by atoms with Crippen LogP contribution in [0.1, 0.15) is 23.6 Å². The summed E-state index contributed by atoms with van der Waals surface area (Å²) in [4.78, 5) is 4.92. The number of rotatable bonds is 7. The molecule has 0 bridgehead atoms. The van der Waals surface area contributed by atoms with E-state index >= 15 is 0 Å². The van der Waals surface area contributed by atoms with E-state index in [4.69, 9.17) is 0 Å². The molecule has 0 radical (unpaired) electrons. The van der Waals surface area contributed by atoms with Crippen LogP contribution >= 0.6 is 0 Å². The summed E-state index contributed by atoms with van der Waals surface area (Å²) in [5.41, 5.74) is 2.65. The summed E-state index contributed by atoms with van der Waals surface area (Å²) in [7, 11) is -2.86. The molecule has 0 amide bonds. The molecular formula is C21H28N2O2S. The fraction of sp³-hybridized carbons (Fsp3) is 0.429. The Morgan fingerprint density at radius 2 is 1.35 bits per heavy atom. The van der Waals surface area contributed by atoms with E-state index in [0.717, 1.165) is 39.1 Å². The summed E-state index contributed by atoms with van der Waals surface area (Å²) < 4.78 is 22.6. The zero-order valence-corrected chi connectivity index (χ0v) is 16.2. The summed E-state index contributed by atoms with van der Waals surface area (Å²) in [6, 6.07) is 21.6. The highest BCUT2D eigenvalue weighted by molar-refractivity contribution is 7.90. The van der Waals surface area contributed by atoms with Gasteiger partial charge in [-0.2, -0.15) is 0 Å². The van der Waals surface area contributed by atoms with Gasteiger partial charge in [-0.15, -0.1) is 0 Å². The van der Waals surface area contributed by atoms with Gasteiger partial charge in [-0.05, 0) is 24.1 Å². The third-order valence-corrected chi connectivity index (χ3v) is 6.02. The van der Waals surface area contributed by atoms with Crippen molar-refractivity contribution in [3.63, 3.8) is 0 Å². The van der Waals surface area contributed by atoms with E-state index in [-0.39, 0.29) is 11.8 Å². The van der Waals surface area contributed by atoms with Crippen molar-refractivity contribution in [3.05, 3.63) is 71.8 Å². The molecule has 1 aliphatic rings. The fourth-order valence-corrected chi connectivity index (χ4v) is 4.33. The van der Waals surface area contributed by atoms with E-state index in [0.29, 0.717) is 0 Å². The molecule has 0 aromatic heterocycles. The number of benzene rings is 2. The lowest BCUT2D eigenvalue weighted by Gasteiger charge is -2.39. The van der Waals surface area contributed by atoms with Crippen LogP contribution in [0.15, 0.2) is 60.7 Å². The van der Waals surface area contributed by atoms with Gasteiger partial charge in [-0.1, -0.05) is 60.7 Å². The fourth-order valence-electron chi connectivity index (χ4n) is 3.68. The number of piperazine rings is 1. The zero-order valence-electron chi connectivity index (χ0n) is 15.4. The predicted octanol–water partition coefficient (Wildman–Crippen LogP) is 2.83. The Hall–Kier alpha value is -1.69. The van der Waals surface area contributed by atoms with Gasteiger partial charge in [-0.3, -0.25) is 4.90 Å². The molecular weight excluding hydrogens is 344 g/mol. The molecule has 1 aliphatic heterocycles. The monoisotopic (exact) mass is 372 g/mol. The largest absolute Gasteiger partial charge is 0.301 e. The van der Waals surface area contributed by atoms with Gasteiger partial charge in [0.1, 0.15) is 9.84 Å². The highest BCUT2D eigenvalue weighted by atomic mass is 32.2. The molecule has 0 spiro atoms. The second-order valence-electron chi connectivity index (χ2n) is 7.08. The Kier molecular flexibility index (Phi) is 6.46. The topological polar surface area (TPSA) is 40.6 Å². The molecule has 0 saturated carbocycles. The van der Waals surface area contributed by atoms with Gasteiger partial charge in [-0.25, -0.2) is 8.42 Å². The van der Waals surface area contributed by atoms with Gasteiger partial charge in [0.2, 0.25) is 0 Å². The lowest BCUT2D eigenvalue weighted by atomic mass is 9.96. The highest BCUT2D eigenvalue weighted by Gasteiger charge is 2.26. The summed E-state index contributed by atoms with van der Waals surface area (Å²) in [5, 5.41) is 0. The molecule has 1 saturated heterocycles. The van der Waals surface area contributed by atoms with Crippen molar-refractivity contribution in [1.82, 2.24) is 9.80 Å². The second-order valence-corrected chi connectivity index (χ2v) is 9.34. The van der Waals surface area contributed by atoms with Crippen LogP contribution in [-0.4, -0.2) is 63.0 Å². The zero-order chi connectivity index (χ0) is 18.4. The standard InChI is InChI=1S/C21H28N2O2S/c1-26(24,25)18-8-13-22-14-16-23(17-15-22)21(19-9-4-2-5-10-19)20-11-6-3-7-12-20/h2-7,9-12,21H,8,13-18H2,1H3. The van der Waals surface area contributed by atoms with Gasteiger partial charge in [0.15, 0.2) is 0 Å². The molecule has 0 unspecified atom stereocenters. The average molecular weight is 373 g/mol. The number of hydrogen-bond acceptors (Lipinski definition) is 4. The minimum absolute atomic E-state index is 0.274. The van der Waals surface area contributed by atoms with E-state index in [1.807, 2.05) is 0 Å². The maximum absolute atomic E-state index is 11.3. The summed E-state index contributed by atoms with van der Waals surface area (Å²) >= 11 is 0. The first kappa shape index (κ1) is 19.1. The van der Waals surface area contributed by atoms with E-state index < -0.39 is 9.84 Å². The molecule has 2 aromatic carbocycles. The van der Waals surface area contributed by atoms with Crippen LogP contribution in [0.25, 0.3) is 0 Å². The first-order chi connectivity index (χ1) is 12.5. The van der Waals surface area contributed by atoms with Crippen molar-refractivity contribution < 1.29 is 8.42 Å². The first-order valence-corrected chi connectivity index (χ1v) is 11.3. The van der Waals surface area contributed by atoms with E-state index in [1.54, 1.807) is 0 Å². The molecule has 4 nitrogen and oxygen atoms in total. The normalized spacial score (nSPS) is 16.8. The number of hydrogen-bond donors (Lipinski definition) is 0. The van der Waals surface area contributed by atoms with Gasteiger partial charge >= 0.3 is 0 Å². The van der Waals surface area contributed by atoms with Crippen molar-refractivity contribution in [1.29, 1.82) is 0 Å². The maximum Gasteiger partial charge on any atom is 0.147 e. The molecule has 0 aliphatic carbocycles. The summed E-state index contributed by atoms with van der Waals surface area (Å²) in [5.74, 6) is 0.282. The van der Waals surface area contributed by atoms with E-state index in [1.165, 1.54) is 17.4 Å².